The number of anilines is 2. The van der Waals surface area contributed by atoms with Crippen LogP contribution in [0.4, 0.5) is 11.4 Å². The first kappa shape index (κ1) is 18.0. The lowest BCUT2D eigenvalue weighted by Gasteiger charge is -2.14. The highest BCUT2D eigenvalue weighted by Crippen LogP contribution is 2.24. The van der Waals surface area contributed by atoms with E-state index in [1.165, 1.54) is 12.1 Å². The molecule has 24 heavy (non-hydrogen) atoms. The van der Waals surface area contributed by atoms with Crippen molar-refractivity contribution in [2.75, 3.05) is 10.0 Å². The van der Waals surface area contributed by atoms with Crippen molar-refractivity contribution >= 4 is 27.3 Å². The van der Waals surface area contributed by atoms with Gasteiger partial charge in [-0.1, -0.05) is 32.0 Å². The fourth-order valence-electron chi connectivity index (χ4n) is 2.17. The normalized spacial score (nSPS) is 11.4. The van der Waals surface area contributed by atoms with Crippen LogP contribution in [-0.4, -0.2) is 14.3 Å². The number of sulfonamides is 1. The summed E-state index contributed by atoms with van der Waals surface area (Å²) >= 11 is 0. The van der Waals surface area contributed by atoms with Gasteiger partial charge < -0.3 is 5.32 Å². The first-order valence-corrected chi connectivity index (χ1v) is 9.19. The molecule has 0 fully saturated rings. The number of para-hydroxylation sites is 1. The molecule has 0 aliphatic carbocycles. The molecule has 0 radical (unpaired) electrons. The highest BCUT2D eigenvalue weighted by molar-refractivity contribution is 7.92. The Hall–Kier alpha value is -2.34. The van der Waals surface area contributed by atoms with E-state index in [2.05, 4.69) is 10.0 Å². The molecule has 0 unspecified atom stereocenters. The second-order valence-corrected chi connectivity index (χ2v) is 7.72. The number of benzene rings is 2. The van der Waals surface area contributed by atoms with Crippen LogP contribution in [-0.2, 0) is 14.8 Å². The molecule has 0 saturated carbocycles. The topological polar surface area (TPSA) is 75.3 Å². The highest BCUT2D eigenvalue weighted by Gasteiger charge is 2.16. The minimum Gasteiger partial charge on any atom is -0.326 e. The molecule has 128 valence electrons. The molecule has 1 amide bonds. The van der Waals surface area contributed by atoms with Crippen LogP contribution in [0, 0.1) is 19.8 Å². The zero-order valence-corrected chi connectivity index (χ0v) is 15.1. The number of hydrogen-bond acceptors (Lipinski definition) is 3. The van der Waals surface area contributed by atoms with E-state index in [-0.39, 0.29) is 16.7 Å². The van der Waals surface area contributed by atoms with E-state index in [4.69, 9.17) is 0 Å². The maximum atomic E-state index is 12.5. The summed E-state index contributed by atoms with van der Waals surface area (Å²) in [4.78, 5) is 11.8. The second-order valence-electron chi connectivity index (χ2n) is 6.04. The van der Waals surface area contributed by atoms with Crippen LogP contribution >= 0.6 is 0 Å². The molecule has 2 aromatic carbocycles. The molecule has 0 heterocycles. The molecular formula is C18H22N2O3S. The monoisotopic (exact) mass is 346 g/mol. The Morgan fingerprint density at radius 1 is 0.958 bits per heavy atom. The Labute approximate surface area is 143 Å². The third kappa shape index (κ3) is 4.14. The van der Waals surface area contributed by atoms with Gasteiger partial charge in [0.25, 0.3) is 10.0 Å². The van der Waals surface area contributed by atoms with Gasteiger partial charge in [-0.2, -0.15) is 0 Å². The molecule has 0 aromatic heterocycles. The van der Waals surface area contributed by atoms with Gasteiger partial charge in [0.1, 0.15) is 0 Å². The molecule has 0 bridgehead atoms. The summed E-state index contributed by atoms with van der Waals surface area (Å²) in [6, 6.07) is 11.7. The Morgan fingerprint density at radius 2 is 1.50 bits per heavy atom. The maximum Gasteiger partial charge on any atom is 0.261 e. The summed E-state index contributed by atoms with van der Waals surface area (Å²) in [5, 5.41) is 2.73. The van der Waals surface area contributed by atoms with Crippen molar-refractivity contribution in [3.05, 3.63) is 53.6 Å². The first-order chi connectivity index (χ1) is 11.2. The summed E-state index contributed by atoms with van der Waals surface area (Å²) in [5.41, 5.74) is 2.88. The van der Waals surface area contributed by atoms with Crippen molar-refractivity contribution in [2.24, 2.45) is 5.92 Å². The van der Waals surface area contributed by atoms with Gasteiger partial charge >= 0.3 is 0 Å². The third-order valence-electron chi connectivity index (χ3n) is 3.67. The summed E-state index contributed by atoms with van der Waals surface area (Å²) in [5.74, 6) is -0.252. The average molecular weight is 346 g/mol. The van der Waals surface area contributed by atoms with E-state index in [1.807, 2.05) is 32.0 Å². The van der Waals surface area contributed by atoms with Gasteiger partial charge in [-0.15, -0.1) is 0 Å². The van der Waals surface area contributed by atoms with Crippen molar-refractivity contribution in [3.8, 4) is 0 Å². The molecule has 0 spiro atoms. The number of carbonyl (C=O) groups is 1. The minimum atomic E-state index is -3.68. The lowest BCUT2D eigenvalue weighted by Crippen LogP contribution is -2.18. The molecule has 0 aliphatic heterocycles. The largest absolute Gasteiger partial charge is 0.326 e. The fourth-order valence-corrected chi connectivity index (χ4v) is 3.38. The lowest BCUT2D eigenvalue weighted by molar-refractivity contribution is -0.118. The van der Waals surface area contributed by atoms with Crippen molar-refractivity contribution in [2.45, 2.75) is 32.6 Å². The molecule has 2 rings (SSSR count). The number of rotatable bonds is 5. The first-order valence-electron chi connectivity index (χ1n) is 7.70. The van der Waals surface area contributed by atoms with E-state index < -0.39 is 10.0 Å². The molecule has 2 N–H and O–H groups in total. The number of hydrogen-bond donors (Lipinski definition) is 2. The van der Waals surface area contributed by atoms with Crippen molar-refractivity contribution < 1.29 is 13.2 Å². The van der Waals surface area contributed by atoms with Gasteiger partial charge in [0.2, 0.25) is 5.91 Å². The third-order valence-corrected chi connectivity index (χ3v) is 5.04. The predicted molar refractivity (Wildman–Crippen MR) is 96.6 cm³/mol. The van der Waals surface area contributed by atoms with Crippen molar-refractivity contribution in [1.29, 1.82) is 0 Å². The van der Waals surface area contributed by atoms with Gasteiger partial charge in [0.15, 0.2) is 0 Å². The van der Waals surface area contributed by atoms with Crippen LogP contribution in [0.5, 0.6) is 0 Å². The standard InChI is InChI=1S/C18H22N2O3S/c1-12(2)18(21)19-15-8-10-16(11-9-15)24(22,23)20-17-13(3)6-5-7-14(17)4/h5-12,20H,1-4H3,(H,19,21). The van der Waals surface area contributed by atoms with Gasteiger partial charge in [0.05, 0.1) is 10.6 Å². The Kier molecular flexibility index (Phi) is 5.29. The number of carbonyl (C=O) groups excluding carboxylic acids is 1. The van der Waals surface area contributed by atoms with E-state index in [0.29, 0.717) is 11.4 Å². The smallest absolute Gasteiger partial charge is 0.261 e. The Bertz CT molecular complexity index is 821. The van der Waals surface area contributed by atoms with Crippen LogP contribution in [0.25, 0.3) is 0 Å². The van der Waals surface area contributed by atoms with Gasteiger partial charge in [0, 0.05) is 11.6 Å². The van der Waals surface area contributed by atoms with Gasteiger partial charge in [-0.05, 0) is 49.2 Å². The van der Waals surface area contributed by atoms with Crippen LogP contribution in [0.1, 0.15) is 25.0 Å². The minimum absolute atomic E-state index is 0.112. The van der Waals surface area contributed by atoms with Crippen molar-refractivity contribution in [1.82, 2.24) is 0 Å². The van der Waals surface area contributed by atoms with E-state index in [1.54, 1.807) is 26.0 Å². The molecule has 0 saturated heterocycles. The summed E-state index contributed by atoms with van der Waals surface area (Å²) in [7, 11) is -3.68. The SMILES string of the molecule is Cc1cccc(C)c1NS(=O)(=O)c1ccc(NC(=O)C(C)C)cc1. The van der Waals surface area contributed by atoms with Crippen LogP contribution in [0.3, 0.4) is 0 Å². The molecular weight excluding hydrogens is 324 g/mol. The average Bonchev–Trinajstić information content (AvgIpc) is 2.51. The Balaban J connectivity index is 2.22. The molecule has 6 heteroatoms. The zero-order valence-electron chi connectivity index (χ0n) is 14.3. The molecule has 2 aromatic rings. The fraction of sp³-hybridized carbons (Fsp3) is 0.278. The summed E-state index contributed by atoms with van der Waals surface area (Å²) in [6.45, 7) is 7.30. The highest BCUT2D eigenvalue weighted by atomic mass is 32.2. The van der Waals surface area contributed by atoms with Gasteiger partial charge in [-0.25, -0.2) is 8.42 Å². The lowest BCUT2D eigenvalue weighted by atomic mass is 10.1. The zero-order chi connectivity index (χ0) is 17.9. The predicted octanol–water partition coefficient (Wildman–Crippen LogP) is 3.70. The molecule has 0 aliphatic rings. The van der Waals surface area contributed by atoms with E-state index in [0.717, 1.165) is 11.1 Å². The second kappa shape index (κ2) is 7.05. The molecule has 5 nitrogen and oxygen atoms in total. The van der Waals surface area contributed by atoms with Gasteiger partial charge in [-0.3, -0.25) is 9.52 Å². The van der Waals surface area contributed by atoms with E-state index >= 15 is 0 Å². The number of amides is 1. The molecule has 0 atom stereocenters. The number of nitrogens with one attached hydrogen (secondary N) is 2. The summed E-state index contributed by atoms with van der Waals surface area (Å²) in [6.07, 6.45) is 0. The van der Waals surface area contributed by atoms with Crippen LogP contribution < -0.4 is 10.0 Å². The van der Waals surface area contributed by atoms with Crippen LogP contribution in [0.2, 0.25) is 0 Å². The Morgan fingerprint density at radius 3 is 2.00 bits per heavy atom. The summed E-state index contributed by atoms with van der Waals surface area (Å²) < 4.78 is 27.7. The quantitative estimate of drug-likeness (QED) is 0.867. The maximum absolute atomic E-state index is 12.5. The van der Waals surface area contributed by atoms with Crippen LogP contribution in [0.15, 0.2) is 47.4 Å². The van der Waals surface area contributed by atoms with Crippen molar-refractivity contribution in [3.63, 3.8) is 0 Å². The van der Waals surface area contributed by atoms with E-state index in [9.17, 15) is 13.2 Å². The number of aryl methyl sites for hydroxylation is 2.